The van der Waals surface area contributed by atoms with Gasteiger partial charge in [0, 0.05) is 22.7 Å². The van der Waals surface area contributed by atoms with Crippen LogP contribution in [0.1, 0.15) is 12.5 Å². The van der Waals surface area contributed by atoms with Crippen molar-refractivity contribution in [3.05, 3.63) is 103 Å². The first-order chi connectivity index (χ1) is 18.1. The Balaban J connectivity index is 1.55. The van der Waals surface area contributed by atoms with Gasteiger partial charge in [0.25, 0.3) is 0 Å². The van der Waals surface area contributed by atoms with Crippen molar-refractivity contribution in [3.63, 3.8) is 0 Å². The van der Waals surface area contributed by atoms with Crippen molar-refractivity contribution < 1.29 is 19.0 Å². The van der Waals surface area contributed by atoms with Crippen molar-refractivity contribution in [1.82, 2.24) is 0 Å². The number of ether oxygens (including phenoxy) is 3. The zero-order valence-electron chi connectivity index (χ0n) is 20.9. The zero-order valence-corrected chi connectivity index (χ0v) is 21.7. The average molecular weight is 510 g/mol. The molecule has 186 valence electrons. The largest absolute Gasteiger partial charge is 0.497 e. The second kappa shape index (κ2) is 10.8. The molecule has 0 aliphatic heterocycles. The summed E-state index contributed by atoms with van der Waals surface area (Å²) in [6.07, 6.45) is 0. The number of rotatable bonds is 8. The number of carbonyl (C=O) groups is 1. The first kappa shape index (κ1) is 24.4. The number of anilines is 2. The fourth-order valence-electron chi connectivity index (χ4n) is 4.25. The molecule has 1 aromatic heterocycles. The third kappa shape index (κ3) is 5.15. The number of hydrogen-bond acceptors (Lipinski definition) is 5. The van der Waals surface area contributed by atoms with Crippen LogP contribution in [0.2, 0.25) is 0 Å². The van der Waals surface area contributed by atoms with Crippen LogP contribution in [0.4, 0.5) is 11.4 Å². The summed E-state index contributed by atoms with van der Waals surface area (Å²) in [6, 6.07) is 31.5. The molecule has 4 aromatic carbocycles. The maximum atomic E-state index is 13.1. The summed E-state index contributed by atoms with van der Waals surface area (Å²) >= 11 is 1.63. The molecule has 5 rings (SSSR count). The van der Waals surface area contributed by atoms with Gasteiger partial charge in [-0.3, -0.25) is 9.69 Å². The van der Waals surface area contributed by atoms with E-state index < -0.39 is 0 Å². The molecule has 0 saturated carbocycles. The van der Waals surface area contributed by atoms with E-state index in [1.807, 2.05) is 97.1 Å². The highest BCUT2D eigenvalue weighted by Crippen LogP contribution is 2.48. The molecule has 5 aromatic rings. The minimum atomic E-state index is -0.0803. The molecule has 0 spiro atoms. The maximum absolute atomic E-state index is 13.1. The van der Waals surface area contributed by atoms with Crippen molar-refractivity contribution in [1.29, 1.82) is 0 Å². The van der Waals surface area contributed by atoms with Gasteiger partial charge in [0.05, 0.1) is 24.8 Å². The van der Waals surface area contributed by atoms with E-state index in [1.165, 1.54) is 0 Å². The van der Waals surface area contributed by atoms with Gasteiger partial charge in [0.1, 0.15) is 23.9 Å². The molecule has 5 nitrogen and oxygen atoms in total. The Morgan fingerprint density at radius 1 is 0.784 bits per heavy atom. The van der Waals surface area contributed by atoms with Crippen LogP contribution in [0.15, 0.2) is 97.1 Å². The highest BCUT2D eigenvalue weighted by Gasteiger charge is 2.24. The van der Waals surface area contributed by atoms with Crippen LogP contribution in [-0.2, 0) is 11.4 Å². The van der Waals surface area contributed by atoms with Crippen LogP contribution in [-0.4, -0.2) is 20.1 Å². The van der Waals surface area contributed by atoms with E-state index in [2.05, 4.69) is 0 Å². The van der Waals surface area contributed by atoms with Gasteiger partial charge in [0.2, 0.25) is 5.91 Å². The summed E-state index contributed by atoms with van der Waals surface area (Å²) in [5, 5.41) is 0.983. The van der Waals surface area contributed by atoms with Crippen LogP contribution in [0.5, 0.6) is 17.2 Å². The Morgan fingerprint density at radius 2 is 1.43 bits per heavy atom. The molecule has 0 fully saturated rings. The van der Waals surface area contributed by atoms with Crippen molar-refractivity contribution in [2.24, 2.45) is 0 Å². The van der Waals surface area contributed by atoms with Crippen molar-refractivity contribution >= 4 is 38.7 Å². The number of amides is 1. The molecule has 0 atom stereocenters. The Bertz CT molecular complexity index is 1510. The molecule has 0 bridgehead atoms. The average Bonchev–Trinajstić information content (AvgIpc) is 3.31. The van der Waals surface area contributed by atoms with Gasteiger partial charge in [-0.25, -0.2) is 0 Å². The minimum Gasteiger partial charge on any atom is -0.497 e. The number of nitrogens with zero attached hydrogens (tertiary/aromatic N) is 1. The second-order valence-corrected chi connectivity index (χ2v) is 9.55. The molecule has 1 amide bonds. The van der Waals surface area contributed by atoms with Gasteiger partial charge in [-0.2, -0.15) is 0 Å². The summed E-state index contributed by atoms with van der Waals surface area (Å²) in [7, 11) is 3.31. The smallest absolute Gasteiger partial charge is 0.228 e. The van der Waals surface area contributed by atoms with Gasteiger partial charge in [-0.1, -0.05) is 30.3 Å². The predicted molar refractivity (Wildman–Crippen MR) is 150 cm³/mol. The lowest BCUT2D eigenvalue weighted by Crippen LogP contribution is -2.23. The van der Waals surface area contributed by atoms with Crippen LogP contribution < -0.4 is 19.1 Å². The molecule has 1 heterocycles. The van der Waals surface area contributed by atoms with Gasteiger partial charge >= 0.3 is 0 Å². The molecular formula is C31H27NO4S. The number of benzene rings is 4. The Hall–Kier alpha value is -4.29. The maximum Gasteiger partial charge on any atom is 0.228 e. The monoisotopic (exact) mass is 509 g/mol. The van der Waals surface area contributed by atoms with E-state index in [0.29, 0.717) is 6.61 Å². The number of fused-ring (bicyclic) bond motifs is 1. The van der Waals surface area contributed by atoms with Crippen LogP contribution in [0.25, 0.3) is 20.5 Å². The van der Waals surface area contributed by atoms with Crippen LogP contribution in [0.3, 0.4) is 0 Å². The molecule has 37 heavy (non-hydrogen) atoms. The molecule has 0 aliphatic rings. The molecule has 0 radical (unpaired) electrons. The van der Waals surface area contributed by atoms with E-state index in [0.717, 1.165) is 54.7 Å². The summed E-state index contributed by atoms with van der Waals surface area (Å²) < 4.78 is 17.8. The third-order valence-electron chi connectivity index (χ3n) is 6.10. The van der Waals surface area contributed by atoms with Crippen LogP contribution in [0, 0.1) is 0 Å². The lowest BCUT2D eigenvalue weighted by molar-refractivity contribution is -0.115. The lowest BCUT2D eigenvalue weighted by atomic mass is 10.1. The molecule has 0 unspecified atom stereocenters. The predicted octanol–water partition coefficient (Wildman–Crippen LogP) is 7.85. The van der Waals surface area contributed by atoms with Crippen molar-refractivity contribution in [2.75, 3.05) is 19.1 Å². The van der Waals surface area contributed by atoms with Crippen LogP contribution >= 0.6 is 11.3 Å². The SMILES string of the molecule is COc1ccc(-c2sc3cc(OC)ccc3c2N(C(C)=O)c2ccc(OCc3ccccc3)cc2)cc1. The van der Waals surface area contributed by atoms with E-state index in [4.69, 9.17) is 14.2 Å². The van der Waals surface area contributed by atoms with E-state index in [1.54, 1.807) is 37.4 Å². The Morgan fingerprint density at radius 3 is 2.08 bits per heavy atom. The fraction of sp³-hybridized carbons (Fsp3) is 0.129. The highest BCUT2D eigenvalue weighted by molar-refractivity contribution is 7.23. The second-order valence-electron chi connectivity index (χ2n) is 8.49. The highest BCUT2D eigenvalue weighted by atomic mass is 32.1. The Labute approximate surface area is 220 Å². The number of carbonyl (C=O) groups excluding carboxylic acids is 1. The van der Waals surface area contributed by atoms with Gasteiger partial charge in [-0.05, 0) is 77.9 Å². The van der Waals surface area contributed by atoms with Gasteiger partial charge in [-0.15, -0.1) is 11.3 Å². The fourth-order valence-corrected chi connectivity index (χ4v) is 5.47. The number of hydrogen-bond donors (Lipinski definition) is 0. The molecule has 0 saturated heterocycles. The summed E-state index contributed by atoms with van der Waals surface area (Å²) in [6.45, 7) is 2.07. The summed E-state index contributed by atoms with van der Waals surface area (Å²) in [4.78, 5) is 15.9. The molecule has 0 aliphatic carbocycles. The summed E-state index contributed by atoms with van der Waals surface area (Å²) in [5.41, 5.74) is 3.72. The molecule has 0 N–H and O–H groups in total. The van der Waals surface area contributed by atoms with Crippen molar-refractivity contribution in [3.8, 4) is 27.7 Å². The number of methoxy groups -OCH3 is 2. The third-order valence-corrected chi connectivity index (χ3v) is 7.30. The van der Waals surface area contributed by atoms with E-state index in [-0.39, 0.29) is 5.91 Å². The molecule has 6 heteroatoms. The summed E-state index contributed by atoms with van der Waals surface area (Å²) in [5.74, 6) is 2.22. The minimum absolute atomic E-state index is 0.0803. The quantitative estimate of drug-likeness (QED) is 0.214. The first-order valence-corrected chi connectivity index (χ1v) is 12.7. The topological polar surface area (TPSA) is 48.0 Å². The van der Waals surface area contributed by atoms with Gasteiger partial charge < -0.3 is 14.2 Å². The van der Waals surface area contributed by atoms with Gasteiger partial charge in [0.15, 0.2) is 0 Å². The van der Waals surface area contributed by atoms with E-state index >= 15 is 0 Å². The normalized spacial score (nSPS) is 10.8. The zero-order chi connectivity index (χ0) is 25.8. The van der Waals surface area contributed by atoms with E-state index in [9.17, 15) is 4.79 Å². The first-order valence-electron chi connectivity index (χ1n) is 11.9. The van der Waals surface area contributed by atoms with Crippen molar-refractivity contribution in [2.45, 2.75) is 13.5 Å². The molecular weight excluding hydrogens is 482 g/mol. The standard InChI is InChI=1S/C31H27NO4S/c1-21(33)32(24-11-15-26(16-12-24)36-20-22-7-5-4-6-8-22)30-28-18-17-27(35-3)19-29(28)37-31(30)23-9-13-25(34-2)14-10-23/h4-19H,20H2,1-3H3. The Kier molecular flexibility index (Phi) is 7.10. The number of thiophene rings is 1. The lowest BCUT2D eigenvalue weighted by Gasteiger charge is -2.23.